The number of carbonyl (C=O) groups is 2. The molecule has 210 valence electrons. The maximum absolute atomic E-state index is 13.3. The lowest BCUT2D eigenvalue weighted by Crippen LogP contribution is -2.43. The number of aromatic nitrogens is 1. The molecule has 3 heterocycles. The lowest BCUT2D eigenvalue weighted by atomic mass is 9.76. The van der Waals surface area contributed by atoms with Gasteiger partial charge in [-0.05, 0) is 114 Å². The molecule has 9 heteroatoms. The summed E-state index contributed by atoms with van der Waals surface area (Å²) in [5.74, 6) is 1.43. The Kier molecular flexibility index (Phi) is 9.36. The van der Waals surface area contributed by atoms with Gasteiger partial charge < -0.3 is 9.80 Å². The quantitative estimate of drug-likeness (QED) is 0.394. The van der Waals surface area contributed by atoms with E-state index in [-0.39, 0.29) is 17.7 Å². The van der Waals surface area contributed by atoms with Crippen LogP contribution in [-0.2, 0) is 22.4 Å². The average molecular weight is 681 g/mol. The molecular weight excluding hydrogens is 644 g/mol. The molecule has 0 radical (unpaired) electrons. The van der Waals surface area contributed by atoms with Crippen LogP contribution in [0.4, 0.5) is 0 Å². The summed E-state index contributed by atoms with van der Waals surface area (Å²) in [5.41, 5.74) is 5.08. The molecule has 1 aromatic heterocycles. The van der Waals surface area contributed by atoms with E-state index in [4.69, 9.17) is 16.6 Å². The van der Waals surface area contributed by atoms with E-state index in [1.165, 1.54) is 22.4 Å². The van der Waals surface area contributed by atoms with E-state index in [2.05, 4.69) is 53.8 Å². The SMILES string of the molecule is CN(C)C(=O)CN1CCC(CC(=O)N2CCC([C@H]3c4ncc(Br)cc4CCc4cc(Cl)cc(Br)c43)CC2)CC1. The zero-order valence-corrected chi connectivity index (χ0v) is 26.7. The van der Waals surface area contributed by atoms with Gasteiger partial charge in [0.15, 0.2) is 0 Å². The summed E-state index contributed by atoms with van der Waals surface area (Å²) < 4.78 is 2.07. The molecule has 1 aliphatic carbocycles. The Morgan fingerprint density at radius 1 is 1.00 bits per heavy atom. The first-order valence-corrected chi connectivity index (χ1v) is 16.0. The summed E-state index contributed by atoms with van der Waals surface area (Å²) in [6, 6.07) is 6.35. The van der Waals surface area contributed by atoms with Gasteiger partial charge in [0.25, 0.3) is 0 Å². The summed E-state index contributed by atoms with van der Waals surface area (Å²) in [6.45, 7) is 3.85. The van der Waals surface area contributed by atoms with Gasteiger partial charge in [0.2, 0.25) is 11.8 Å². The summed E-state index contributed by atoms with van der Waals surface area (Å²) in [4.78, 5) is 36.2. The number of amides is 2. The van der Waals surface area contributed by atoms with E-state index < -0.39 is 0 Å². The first kappa shape index (κ1) is 29.0. The van der Waals surface area contributed by atoms with Gasteiger partial charge in [-0.3, -0.25) is 19.5 Å². The fourth-order valence-corrected chi connectivity index (χ4v) is 8.07. The smallest absolute Gasteiger partial charge is 0.236 e. The molecule has 5 rings (SSSR count). The third kappa shape index (κ3) is 6.71. The van der Waals surface area contributed by atoms with Gasteiger partial charge in [-0.15, -0.1) is 0 Å². The van der Waals surface area contributed by atoms with Crippen molar-refractivity contribution < 1.29 is 9.59 Å². The molecule has 0 bridgehead atoms. The molecular formula is C30H37Br2ClN4O2. The minimum atomic E-state index is 0.143. The Labute approximate surface area is 253 Å². The Bertz CT molecular complexity index is 1220. The molecule has 3 aliphatic rings. The molecule has 6 nitrogen and oxygen atoms in total. The number of hydrogen-bond donors (Lipinski definition) is 0. The number of nitrogens with zero attached hydrogens (tertiary/aromatic N) is 4. The molecule has 2 aromatic rings. The summed E-state index contributed by atoms with van der Waals surface area (Å²) in [6.07, 6.45) is 8.32. The van der Waals surface area contributed by atoms with Gasteiger partial charge in [0, 0.05) is 59.7 Å². The van der Waals surface area contributed by atoms with Crippen molar-refractivity contribution in [1.29, 1.82) is 0 Å². The molecule has 0 unspecified atom stereocenters. The van der Waals surface area contributed by atoms with Gasteiger partial charge in [-0.1, -0.05) is 27.5 Å². The molecule has 2 amide bonds. The number of likely N-dealkylation sites (N-methyl/N-ethyl adjacent to an activating group) is 1. The Balaban J connectivity index is 1.23. The fourth-order valence-electron chi connectivity index (χ4n) is 6.57. The number of rotatable bonds is 5. The van der Waals surface area contributed by atoms with Crippen LogP contribution in [0.2, 0.25) is 5.02 Å². The molecule has 2 fully saturated rings. The van der Waals surface area contributed by atoms with Crippen LogP contribution in [0.1, 0.15) is 60.4 Å². The Hall–Kier alpha value is -1.48. The van der Waals surface area contributed by atoms with Crippen LogP contribution in [0, 0.1) is 11.8 Å². The second-order valence-corrected chi connectivity index (χ2v) is 13.8. The highest BCUT2D eigenvalue weighted by Gasteiger charge is 2.36. The first-order chi connectivity index (χ1) is 18.7. The van der Waals surface area contributed by atoms with E-state index in [1.54, 1.807) is 19.0 Å². The van der Waals surface area contributed by atoms with E-state index >= 15 is 0 Å². The number of carbonyl (C=O) groups excluding carboxylic acids is 2. The number of likely N-dealkylation sites (tertiary alicyclic amines) is 2. The van der Waals surface area contributed by atoms with Crippen molar-refractivity contribution in [2.45, 2.75) is 50.9 Å². The Morgan fingerprint density at radius 2 is 1.69 bits per heavy atom. The second-order valence-electron chi connectivity index (χ2n) is 11.6. The van der Waals surface area contributed by atoms with E-state index in [9.17, 15) is 9.59 Å². The topological polar surface area (TPSA) is 56.8 Å². The second kappa shape index (κ2) is 12.6. The van der Waals surface area contributed by atoms with Crippen LogP contribution in [0.15, 0.2) is 33.3 Å². The van der Waals surface area contributed by atoms with Crippen molar-refractivity contribution in [2.24, 2.45) is 11.8 Å². The van der Waals surface area contributed by atoms with Crippen molar-refractivity contribution in [3.8, 4) is 0 Å². The molecule has 1 aromatic carbocycles. The largest absolute Gasteiger partial charge is 0.348 e. The number of hydrogen-bond acceptors (Lipinski definition) is 4. The van der Waals surface area contributed by atoms with Crippen LogP contribution >= 0.6 is 43.5 Å². The highest BCUT2D eigenvalue weighted by molar-refractivity contribution is 9.10. The van der Waals surface area contributed by atoms with Gasteiger partial charge in [0.1, 0.15) is 0 Å². The van der Waals surface area contributed by atoms with Gasteiger partial charge >= 0.3 is 0 Å². The van der Waals surface area contributed by atoms with Crippen molar-refractivity contribution >= 4 is 55.3 Å². The third-order valence-corrected chi connectivity index (χ3v) is 10.1. The van der Waals surface area contributed by atoms with Crippen molar-refractivity contribution in [3.05, 3.63) is 60.7 Å². The number of piperidine rings is 2. The minimum Gasteiger partial charge on any atom is -0.348 e. The lowest BCUT2D eigenvalue weighted by Gasteiger charge is -2.38. The van der Waals surface area contributed by atoms with E-state index in [1.807, 2.05) is 12.3 Å². The number of aryl methyl sites for hydroxylation is 2. The zero-order chi connectivity index (χ0) is 27.7. The molecule has 1 atom stereocenters. The van der Waals surface area contributed by atoms with Gasteiger partial charge in [-0.2, -0.15) is 0 Å². The first-order valence-electron chi connectivity index (χ1n) is 14.0. The fraction of sp³-hybridized carbons (Fsp3) is 0.567. The summed E-state index contributed by atoms with van der Waals surface area (Å²) in [5, 5.41) is 0.759. The molecule has 0 N–H and O–H groups in total. The van der Waals surface area contributed by atoms with Crippen LogP contribution in [0.5, 0.6) is 0 Å². The monoisotopic (exact) mass is 678 g/mol. The third-order valence-electron chi connectivity index (χ3n) is 8.81. The number of pyridine rings is 1. The van der Waals surface area contributed by atoms with Crippen molar-refractivity contribution in [3.63, 3.8) is 0 Å². The van der Waals surface area contributed by atoms with E-state index in [0.29, 0.717) is 24.8 Å². The van der Waals surface area contributed by atoms with Crippen molar-refractivity contribution in [1.82, 2.24) is 19.7 Å². The van der Waals surface area contributed by atoms with Crippen LogP contribution in [0.3, 0.4) is 0 Å². The number of halogens is 3. The molecule has 2 aliphatic heterocycles. The zero-order valence-electron chi connectivity index (χ0n) is 22.8. The normalized spacial score (nSPS) is 20.7. The molecule has 0 spiro atoms. The predicted octanol–water partition coefficient (Wildman–Crippen LogP) is 5.92. The van der Waals surface area contributed by atoms with Crippen LogP contribution in [-0.4, -0.2) is 78.3 Å². The molecule has 0 saturated carbocycles. The number of benzene rings is 1. The average Bonchev–Trinajstić information content (AvgIpc) is 3.06. The molecule has 39 heavy (non-hydrogen) atoms. The highest BCUT2D eigenvalue weighted by atomic mass is 79.9. The minimum absolute atomic E-state index is 0.143. The standard InChI is InChI=1S/C30H37Br2ClN4O2/c1-35(2)27(39)18-36-9-5-19(6-10-36)13-26(38)37-11-7-20(8-12-37)29-28-21(15-24(33)16-25(28)32)3-4-22-14-23(31)17-34-30(22)29/h14-17,19-20,29H,3-13,18H2,1-2H3/t29-/m1/s1. The molecule has 2 saturated heterocycles. The van der Waals surface area contributed by atoms with Crippen molar-refractivity contribution in [2.75, 3.05) is 46.8 Å². The highest BCUT2D eigenvalue weighted by Crippen LogP contribution is 2.46. The maximum Gasteiger partial charge on any atom is 0.236 e. The van der Waals surface area contributed by atoms with Gasteiger partial charge in [-0.25, -0.2) is 0 Å². The Morgan fingerprint density at radius 3 is 2.38 bits per heavy atom. The number of fused-ring (bicyclic) bond motifs is 2. The summed E-state index contributed by atoms with van der Waals surface area (Å²) >= 11 is 13.9. The van der Waals surface area contributed by atoms with E-state index in [0.717, 1.165) is 78.7 Å². The summed E-state index contributed by atoms with van der Waals surface area (Å²) in [7, 11) is 3.60. The van der Waals surface area contributed by atoms with Crippen LogP contribution < -0.4 is 0 Å². The lowest BCUT2D eigenvalue weighted by molar-refractivity contribution is -0.134. The maximum atomic E-state index is 13.3. The van der Waals surface area contributed by atoms with Crippen LogP contribution in [0.25, 0.3) is 0 Å². The predicted molar refractivity (Wildman–Crippen MR) is 162 cm³/mol. The van der Waals surface area contributed by atoms with Gasteiger partial charge in [0.05, 0.1) is 12.2 Å².